The third kappa shape index (κ3) is 4.17. The van der Waals surface area contributed by atoms with Crippen LogP contribution in [0, 0.1) is 0 Å². The zero-order valence-electron chi connectivity index (χ0n) is 10.8. The van der Waals surface area contributed by atoms with Gasteiger partial charge in [-0.2, -0.15) is 0 Å². The fourth-order valence-electron chi connectivity index (χ4n) is 2.18. The Morgan fingerprint density at radius 1 is 1.24 bits per heavy atom. The molecule has 0 bridgehead atoms. The minimum atomic E-state index is 0.376. The van der Waals surface area contributed by atoms with Crippen molar-refractivity contribution >= 4 is 23.2 Å². The van der Waals surface area contributed by atoms with E-state index in [9.17, 15) is 0 Å². The van der Waals surface area contributed by atoms with Gasteiger partial charge in [0, 0.05) is 16.1 Å². The lowest BCUT2D eigenvalue weighted by Gasteiger charge is -2.25. The summed E-state index contributed by atoms with van der Waals surface area (Å²) in [5, 5.41) is 5.09. The molecule has 96 valence electrons. The first-order valence-electron chi connectivity index (χ1n) is 6.28. The van der Waals surface area contributed by atoms with Crippen LogP contribution >= 0.6 is 23.2 Å². The van der Waals surface area contributed by atoms with Gasteiger partial charge in [0.15, 0.2) is 0 Å². The van der Waals surface area contributed by atoms with Gasteiger partial charge < -0.3 is 5.32 Å². The van der Waals surface area contributed by atoms with Crippen LogP contribution in [0.25, 0.3) is 0 Å². The van der Waals surface area contributed by atoms with Gasteiger partial charge in [0.25, 0.3) is 0 Å². The number of hydrogen-bond donors (Lipinski definition) is 1. The topological polar surface area (TPSA) is 12.0 Å². The summed E-state index contributed by atoms with van der Waals surface area (Å²) in [7, 11) is 0. The molecule has 17 heavy (non-hydrogen) atoms. The maximum atomic E-state index is 6.25. The van der Waals surface area contributed by atoms with Gasteiger partial charge >= 0.3 is 0 Å². The van der Waals surface area contributed by atoms with Crippen LogP contribution in [0.4, 0.5) is 0 Å². The van der Waals surface area contributed by atoms with Crippen LogP contribution in [0.5, 0.6) is 0 Å². The van der Waals surface area contributed by atoms with Crippen LogP contribution in [0.1, 0.15) is 45.1 Å². The van der Waals surface area contributed by atoms with Crippen molar-refractivity contribution in [3.63, 3.8) is 0 Å². The normalized spacial score (nSPS) is 14.6. The molecule has 0 aliphatic rings. The lowest BCUT2D eigenvalue weighted by molar-refractivity contribution is 0.430. The van der Waals surface area contributed by atoms with Crippen LogP contribution < -0.4 is 5.32 Å². The quantitative estimate of drug-likeness (QED) is 0.780. The molecule has 0 fully saturated rings. The Bertz CT molecular complexity index is 346. The highest BCUT2D eigenvalue weighted by atomic mass is 35.5. The molecule has 0 saturated carbocycles. The molecule has 2 unspecified atom stereocenters. The number of halogens is 2. The average molecular weight is 274 g/mol. The van der Waals surface area contributed by atoms with Crippen LogP contribution in [0.3, 0.4) is 0 Å². The van der Waals surface area contributed by atoms with Crippen LogP contribution in [-0.4, -0.2) is 12.6 Å². The van der Waals surface area contributed by atoms with Crippen LogP contribution in [-0.2, 0) is 0 Å². The van der Waals surface area contributed by atoms with Crippen molar-refractivity contribution < 1.29 is 0 Å². The Balaban J connectivity index is 2.91. The van der Waals surface area contributed by atoms with E-state index in [0.29, 0.717) is 12.0 Å². The lowest BCUT2D eigenvalue weighted by atomic mass is 9.90. The SMILES string of the molecule is CCCC(NCC)C(C)c1cc(Cl)ccc1Cl. The van der Waals surface area contributed by atoms with E-state index in [0.717, 1.165) is 28.6 Å². The highest BCUT2D eigenvalue weighted by Gasteiger charge is 2.19. The molecule has 2 atom stereocenters. The first-order valence-corrected chi connectivity index (χ1v) is 7.04. The van der Waals surface area contributed by atoms with Gasteiger partial charge in [-0.15, -0.1) is 0 Å². The third-order valence-corrected chi connectivity index (χ3v) is 3.70. The second-order valence-corrected chi connectivity index (χ2v) is 5.25. The summed E-state index contributed by atoms with van der Waals surface area (Å²) in [5.41, 5.74) is 1.14. The summed E-state index contributed by atoms with van der Waals surface area (Å²) in [6, 6.07) is 6.16. The Kier molecular flexibility index (Phi) is 6.32. The predicted octanol–water partition coefficient (Wildman–Crippen LogP) is 4.88. The van der Waals surface area contributed by atoms with Gasteiger partial charge in [-0.1, -0.05) is 50.4 Å². The summed E-state index contributed by atoms with van der Waals surface area (Å²) >= 11 is 12.3. The van der Waals surface area contributed by atoms with Gasteiger partial charge in [-0.05, 0) is 42.6 Å². The van der Waals surface area contributed by atoms with E-state index in [1.165, 1.54) is 6.42 Å². The lowest BCUT2D eigenvalue weighted by Crippen LogP contribution is -2.33. The largest absolute Gasteiger partial charge is 0.314 e. The molecule has 0 aromatic heterocycles. The van der Waals surface area contributed by atoms with Crippen LogP contribution in [0.15, 0.2) is 18.2 Å². The zero-order valence-corrected chi connectivity index (χ0v) is 12.3. The standard InChI is InChI=1S/C14H21Cl2N/c1-4-6-14(17-5-2)10(3)12-9-11(15)7-8-13(12)16/h7-10,14,17H,4-6H2,1-3H3. The molecular formula is C14H21Cl2N. The molecule has 0 aliphatic heterocycles. The van der Waals surface area contributed by atoms with E-state index in [1.54, 1.807) is 0 Å². The summed E-state index contributed by atoms with van der Waals surface area (Å²) in [5.74, 6) is 0.376. The van der Waals surface area contributed by atoms with Crippen molar-refractivity contribution in [1.29, 1.82) is 0 Å². The molecule has 0 aliphatic carbocycles. The van der Waals surface area contributed by atoms with Crippen molar-refractivity contribution in [2.24, 2.45) is 0 Å². The smallest absolute Gasteiger partial charge is 0.0442 e. The number of benzene rings is 1. The molecular weight excluding hydrogens is 253 g/mol. The molecule has 0 radical (unpaired) electrons. The minimum Gasteiger partial charge on any atom is -0.314 e. The summed E-state index contributed by atoms with van der Waals surface area (Å²) in [4.78, 5) is 0. The van der Waals surface area contributed by atoms with Crippen molar-refractivity contribution in [2.75, 3.05) is 6.54 Å². The number of rotatable bonds is 6. The second kappa shape index (κ2) is 7.25. The summed E-state index contributed by atoms with van der Waals surface area (Å²) in [6.07, 6.45) is 2.32. The first-order chi connectivity index (χ1) is 8.10. The summed E-state index contributed by atoms with van der Waals surface area (Å²) < 4.78 is 0. The monoisotopic (exact) mass is 273 g/mol. The first kappa shape index (κ1) is 14.8. The summed E-state index contributed by atoms with van der Waals surface area (Å²) in [6.45, 7) is 7.53. The second-order valence-electron chi connectivity index (χ2n) is 4.41. The van der Waals surface area contributed by atoms with E-state index in [2.05, 4.69) is 26.1 Å². The maximum absolute atomic E-state index is 6.25. The van der Waals surface area contributed by atoms with E-state index in [-0.39, 0.29) is 0 Å². The highest BCUT2D eigenvalue weighted by molar-refractivity contribution is 6.33. The number of hydrogen-bond acceptors (Lipinski definition) is 1. The van der Waals surface area contributed by atoms with Crippen molar-refractivity contribution in [3.05, 3.63) is 33.8 Å². The van der Waals surface area contributed by atoms with Gasteiger partial charge in [-0.25, -0.2) is 0 Å². The molecule has 0 heterocycles. The Labute approximate surface area is 115 Å². The molecule has 1 nitrogen and oxygen atoms in total. The molecule has 1 N–H and O–H groups in total. The van der Waals surface area contributed by atoms with Crippen molar-refractivity contribution in [2.45, 2.75) is 45.6 Å². The van der Waals surface area contributed by atoms with Crippen molar-refractivity contribution in [1.82, 2.24) is 5.32 Å². The molecule has 1 aromatic carbocycles. The fourth-order valence-corrected chi connectivity index (χ4v) is 2.65. The predicted molar refractivity (Wildman–Crippen MR) is 77.2 cm³/mol. The van der Waals surface area contributed by atoms with E-state index < -0.39 is 0 Å². The van der Waals surface area contributed by atoms with Gasteiger partial charge in [0.05, 0.1) is 0 Å². The van der Waals surface area contributed by atoms with E-state index in [1.807, 2.05) is 18.2 Å². The van der Waals surface area contributed by atoms with Gasteiger partial charge in [0.1, 0.15) is 0 Å². The molecule has 0 spiro atoms. The third-order valence-electron chi connectivity index (χ3n) is 3.12. The number of likely N-dealkylation sites (N-methyl/N-ethyl adjacent to an activating group) is 1. The van der Waals surface area contributed by atoms with Gasteiger partial charge in [0.2, 0.25) is 0 Å². The minimum absolute atomic E-state index is 0.376. The maximum Gasteiger partial charge on any atom is 0.0442 e. The Hall–Kier alpha value is -0.240. The molecule has 0 saturated heterocycles. The van der Waals surface area contributed by atoms with E-state index in [4.69, 9.17) is 23.2 Å². The average Bonchev–Trinajstić information content (AvgIpc) is 2.31. The Morgan fingerprint density at radius 2 is 1.94 bits per heavy atom. The molecule has 1 rings (SSSR count). The van der Waals surface area contributed by atoms with Crippen LogP contribution in [0.2, 0.25) is 10.0 Å². The number of nitrogens with one attached hydrogen (secondary N) is 1. The highest BCUT2D eigenvalue weighted by Crippen LogP contribution is 2.30. The van der Waals surface area contributed by atoms with Gasteiger partial charge in [-0.3, -0.25) is 0 Å². The zero-order chi connectivity index (χ0) is 12.8. The fraction of sp³-hybridized carbons (Fsp3) is 0.571. The van der Waals surface area contributed by atoms with Crippen molar-refractivity contribution in [3.8, 4) is 0 Å². The molecule has 0 amide bonds. The molecule has 3 heteroatoms. The Morgan fingerprint density at radius 3 is 2.53 bits per heavy atom. The van der Waals surface area contributed by atoms with E-state index >= 15 is 0 Å². The molecule has 1 aromatic rings.